The molecule has 2 aromatic rings. The second kappa shape index (κ2) is 7.81. The smallest absolute Gasteiger partial charge is 0.269 e. The van der Waals surface area contributed by atoms with Crippen molar-refractivity contribution in [2.75, 3.05) is 26.2 Å². The normalized spacial score (nSPS) is 19.1. The monoisotopic (exact) mass is 429 g/mol. The van der Waals surface area contributed by atoms with Crippen LogP contribution in [0.3, 0.4) is 0 Å². The predicted molar refractivity (Wildman–Crippen MR) is 110 cm³/mol. The minimum absolute atomic E-state index is 0.0209. The highest BCUT2D eigenvalue weighted by atomic mass is 32.2. The summed E-state index contributed by atoms with van der Waals surface area (Å²) in [6.07, 6.45) is 2.64. The first-order valence-corrected chi connectivity index (χ1v) is 11.4. The Kier molecular flexibility index (Phi) is 5.33. The third-order valence-corrected chi connectivity index (χ3v) is 8.07. The summed E-state index contributed by atoms with van der Waals surface area (Å²) in [5, 5.41) is 10.8. The second-order valence-corrected chi connectivity index (χ2v) is 9.69. The molecule has 30 heavy (non-hydrogen) atoms. The van der Waals surface area contributed by atoms with Gasteiger partial charge in [-0.1, -0.05) is 36.8 Å². The van der Waals surface area contributed by atoms with Crippen molar-refractivity contribution in [3.8, 4) is 0 Å². The Bertz CT molecular complexity index is 1040. The topological polar surface area (TPSA) is 101 Å². The van der Waals surface area contributed by atoms with Crippen molar-refractivity contribution >= 4 is 21.6 Å². The van der Waals surface area contributed by atoms with E-state index in [-0.39, 0.29) is 29.6 Å². The largest absolute Gasteiger partial charge is 0.339 e. The number of amides is 1. The van der Waals surface area contributed by atoms with Gasteiger partial charge in [0.05, 0.1) is 15.2 Å². The molecule has 2 aromatic carbocycles. The molecular formula is C21H23N3O5S. The number of carbonyl (C=O) groups excluding carboxylic acids is 1. The quantitative estimate of drug-likeness (QED) is 0.537. The van der Waals surface area contributed by atoms with E-state index in [0.29, 0.717) is 13.1 Å². The maximum atomic E-state index is 13.3. The van der Waals surface area contributed by atoms with E-state index in [9.17, 15) is 23.3 Å². The van der Waals surface area contributed by atoms with Gasteiger partial charge in [0.15, 0.2) is 0 Å². The number of nitro groups is 1. The van der Waals surface area contributed by atoms with Crippen LogP contribution in [-0.4, -0.2) is 54.6 Å². The van der Waals surface area contributed by atoms with Gasteiger partial charge in [0.2, 0.25) is 15.9 Å². The average Bonchev–Trinajstić information content (AvgIpc) is 2.74. The Morgan fingerprint density at radius 3 is 2.03 bits per heavy atom. The molecule has 0 radical (unpaired) electrons. The number of hydrogen-bond donors (Lipinski definition) is 0. The number of nitro benzene ring substituents is 1. The number of benzene rings is 2. The van der Waals surface area contributed by atoms with E-state index < -0.39 is 20.4 Å². The maximum Gasteiger partial charge on any atom is 0.269 e. The van der Waals surface area contributed by atoms with E-state index in [1.165, 1.54) is 28.6 Å². The molecule has 2 aliphatic rings. The summed E-state index contributed by atoms with van der Waals surface area (Å²) in [7, 11) is -3.76. The predicted octanol–water partition coefficient (Wildman–Crippen LogP) is 2.55. The molecule has 0 N–H and O–H groups in total. The zero-order chi connectivity index (χ0) is 21.4. The molecule has 4 rings (SSSR count). The van der Waals surface area contributed by atoms with Crippen LogP contribution in [0, 0.1) is 10.1 Å². The van der Waals surface area contributed by atoms with Gasteiger partial charge in [-0.3, -0.25) is 14.9 Å². The Balaban J connectivity index is 1.45. The first-order valence-electron chi connectivity index (χ1n) is 9.94. The maximum absolute atomic E-state index is 13.3. The molecule has 9 heteroatoms. The van der Waals surface area contributed by atoms with Crippen molar-refractivity contribution in [3.63, 3.8) is 0 Å². The SMILES string of the molecule is O=C(N1CCN(S(=O)(=O)c2ccc([N+](=O)[O-])cc2)CC1)C1(c2ccccc2)CCC1. The molecule has 1 saturated heterocycles. The summed E-state index contributed by atoms with van der Waals surface area (Å²) in [5.41, 5.74) is 0.388. The molecule has 2 fully saturated rings. The van der Waals surface area contributed by atoms with Gasteiger partial charge >= 0.3 is 0 Å². The highest BCUT2D eigenvalue weighted by Crippen LogP contribution is 2.45. The number of nitrogens with zero attached hydrogens (tertiary/aromatic N) is 3. The van der Waals surface area contributed by atoms with Gasteiger partial charge in [-0.05, 0) is 30.5 Å². The van der Waals surface area contributed by atoms with E-state index in [0.717, 1.165) is 24.8 Å². The van der Waals surface area contributed by atoms with Gasteiger partial charge in [0.25, 0.3) is 5.69 Å². The molecule has 1 amide bonds. The minimum atomic E-state index is -3.76. The number of non-ortho nitro benzene ring substituents is 1. The molecular weight excluding hydrogens is 406 g/mol. The number of carbonyl (C=O) groups is 1. The second-order valence-electron chi connectivity index (χ2n) is 7.75. The summed E-state index contributed by atoms with van der Waals surface area (Å²) in [4.78, 5) is 25.3. The summed E-state index contributed by atoms with van der Waals surface area (Å²) in [6, 6.07) is 14.7. The van der Waals surface area contributed by atoms with Gasteiger partial charge in [-0.2, -0.15) is 4.31 Å². The van der Waals surface area contributed by atoms with Crippen LogP contribution in [-0.2, 0) is 20.2 Å². The minimum Gasteiger partial charge on any atom is -0.339 e. The molecule has 0 bridgehead atoms. The summed E-state index contributed by atoms with van der Waals surface area (Å²) < 4.78 is 27.1. The Labute approximate surface area is 175 Å². The molecule has 0 spiro atoms. The lowest BCUT2D eigenvalue weighted by Crippen LogP contribution is -2.57. The summed E-state index contributed by atoms with van der Waals surface area (Å²) in [5.74, 6) is 0.0762. The molecule has 1 heterocycles. The Hall–Kier alpha value is -2.78. The van der Waals surface area contributed by atoms with Crippen molar-refractivity contribution in [2.24, 2.45) is 0 Å². The third kappa shape index (κ3) is 3.48. The first-order chi connectivity index (χ1) is 14.3. The lowest BCUT2D eigenvalue weighted by atomic mass is 9.63. The van der Waals surface area contributed by atoms with Crippen molar-refractivity contribution in [2.45, 2.75) is 29.6 Å². The van der Waals surface area contributed by atoms with E-state index >= 15 is 0 Å². The highest BCUT2D eigenvalue weighted by Gasteiger charge is 2.48. The third-order valence-electron chi connectivity index (χ3n) is 6.15. The first kappa shape index (κ1) is 20.5. The number of hydrogen-bond acceptors (Lipinski definition) is 5. The van der Waals surface area contributed by atoms with E-state index in [1.807, 2.05) is 30.3 Å². The van der Waals surface area contributed by atoms with Crippen molar-refractivity contribution in [3.05, 3.63) is 70.3 Å². The van der Waals surface area contributed by atoms with Gasteiger partial charge in [-0.25, -0.2) is 8.42 Å². The van der Waals surface area contributed by atoms with E-state index in [4.69, 9.17) is 0 Å². The molecule has 0 aromatic heterocycles. The molecule has 0 atom stereocenters. The fraction of sp³-hybridized carbons (Fsp3) is 0.381. The molecule has 158 valence electrons. The zero-order valence-electron chi connectivity index (χ0n) is 16.4. The van der Waals surface area contributed by atoms with Crippen LogP contribution in [0.4, 0.5) is 5.69 Å². The number of sulfonamides is 1. The van der Waals surface area contributed by atoms with Crippen molar-refractivity contribution in [1.82, 2.24) is 9.21 Å². The highest BCUT2D eigenvalue weighted by molar-refractivity contribution is 7.89. The number of rotatable bonds is 5. The van der Waals surface area contributed by atoms with Crippen LogP contribution in [0.2, 0.25) is 0 Å². The fourth-order valence-corrected chi connectivity index (χ4v) is 5.66. The molecule has 1 aliphatic carbocycles. The van der Waals surface area contributed by atoms with Crippen LogP contribution < -0.4 is 0 Å². The van der Waals surface area contributed by atoms with Crippen molar-refractivity contribution in [1.29, 1.82) is 0 Å². The van der Waals surface area contributed by atoms with Gasteiger partial charge in [0, 0.05) is 38.3 Å². The molecule has 8 nitrogen and oxygen atoms in total. The van der Waals surface area contributed by atoms with E-state index in [1.54, 1.807) is 4.90 Å². The van der Waals surface area contributed by atoms with Gasteiger partial charge < -0.3 is 4.90 Å². The van der Waals surface area contributed by atoms with Crippen LogP contribution in [0.15, 0.2) is 59.5 Å². The van der Waals surface area contributed by atoms with Crippen LogP contribution >= 0.6 is 0 Å². The lowest BCUT2D eigenvalue weighted by Gasteiger charge is -2.45. The van der Waals surface area contributed by atoms with Crippen LogP contribution in [0.25, 0.3) is 0 Å². The zero-order valence-corrected chi connectivity index (χ0v) is 17.3. The van der Waals surface area contributed by atoms with E-state index in [2.05, 4.69) is 0 Å². The molecule has 1 saturated carbocycles. The van der Waals surface area contributed by atoms with Crippen LogP contribution in [0.1, 0.15) is 24.8 Å². The van der Waals surface area contributed by atoms with Crippen molar-refractivity contribution < 1.29 is 18.1 Å². The van der Waals surface area contributed by atoms with Gasteiger partial charge in [0.1, 0.15) is 0 Å². The fourth-order valence-electron chi connectivity index (χ4n) is 4.24. The average molecular weight is 429 g/mol. The standard InChI is InChI=1S/C21H23N3O5S/c25-20(21(11-4-12-21)17-5-2-1-3-6-17)22-13-15-23(16-14-22)30(28,29)19-9-7-18(8-10-19)24(26)27/h1-3,5-10H,4,11-16H2. The summed E-state index contributed by atoms with van der Waals surface area (Å²) >= 11 is 0. The van der Waals surface area contributed by atoms with Gasteiger partial charge in [-0.15, -0.1) is 0 Å². The Morgan fingerprint density at radius 1 is 0.933 bits per heavy atom. The Morgan fingerprint density at radius 2 is 1.53 bits per heavy atom. The summed E-state index contributed by atoms with van der Waals surface area (Å²) in [6.45, 7) is 1.07. The molecule has 1 aliphatic heterocycles. The lowest BCUT2D eigenvalue weighted by molar-refractivity contribution is -0.384. The van der Waals surface area contributed by atoms with Crippen LogP contribution in [0.5, 0.6) is 0 Å². The molecule has 0 unspecified atom stereocenters. The number of piperazine rings is 1.